The van der Waals surface area contributed by atoms with Gasteiger partial charge in [-0.2, -0.15) is 0 Å². The predicted molar refractivity (Wildman–Crippen MR) is 56.1 cm³/mol. The predicted octanol–water partition coefficient (Wildman–Crippen LogP) is 3.13. The molecule has 0 heterocycles. The van der Waals surface area contributed by atoms with E-state index in [1.165, 1.54) is 12.1 Å². The van der Waals surface area contributed by atoms with Gasteiger partial charge in [-0.25, -0.2) is 0 Å². The molecule has 1 unspecified atom stereocenters. The number of hydrogen-bond donors (Lipinski definition) is 0. The summed E-state index contributed by atoms with van der Waals surface area (Å²) in [6.07, 6.45) is 1.25. The van der Waals surface area contributed by atoms with E-state index < -0.39 is 0 Å². The van der Waals surface area contributed by atoms with Crippen LogP contribution in [0.25, 0.3) is 0 Å². The van der Waals surface area contributed by atoms with Gasteiger partial charge in [0.2, 0.25) is 0 Å². The molecule has 0 radical (unpaired) electrons. The van der Waals surface area contributed by atoms with E-state index in [0.717, 1.165) is 12.5 Å². The minimum Gasteiger partial charge on any atom is -0.378 e. The summed E-state index contributed by atoms with van der Waals surface area (Å²) in [5.41, 5.74) is 1.25. The van der Waals surface area contributed by atoms with Gasteiger partial charge in [0, 0.05) is 19.3 Å². The molecule has 0 saturated heterocycles. The molecular weight excluding hydrogens is 146 g/mol. The Labute approximate surface area is 77.5 Å². The summed E-state index contributed by atoms with van der Waals surface area (Å²) in [7, 11) is 2.13. The first-order valence-corrected chi connectivity index (χ1v) is 4.88. The minimum atomic E-state index is 0.569. The molecule has 0 saturated carbocycles. The van der Waals surface area contributed by atoms with Crippen molar-refractivity contribution >= 4 is 0 Å². The molecule has 1 heteroatoms. The van der Waals surface area contributed by atoms with Crippen molar-refractivity contribution in [3.63, 3.8) is 0 Å². The molecule has 0 aromatic carbocycles. The quantitative estimate of drug-likeness (QED) is 0.611. The van der Waals surface area contributed by atoms with Gasteiger partial charge in [0.05, 0.1) is 0 Å². The van der Waals surface area contributed by atoms with Crippen molar-refractivity contribution < 1.29 is 0 Å². The molecule has 0 bridgehead atoms. The van der Waals surface area contributed by atoms with Gasteiger partial charge in [-0.05, 0) is 11.8 Å². The van der Waals surface area contributed by atoms with E-state index in [0.29, 0.717) is 5.92 Å². The van der Waals surface area contributed by atoms with E-state index in [9.17, 15) is 0 Å². The standard InChI is InChI=1S/C11H23N/c1-7-10(4)8-12(6)11(5)9(2)3/h9-10H,5,7-8H2,1-4,6H3. The second-order valence-corrected chi connectivity index (χ2v) is 4.04. The van der Waals surface area contributed by atoms with Crippen LogP contribution in [0, 0.1) is 11.8 Å². The maximum Gasteiger partial charge on any atom is 0.0197 e. The number of allylic oxidation sites excluding steroid dienone is 1. The molecule has 0 rings (SSSR count). The van der Waals surface area contributed by atoms with Crippen LogP contribution in [-0.2, 0) is 0 Å². The summed E-state index contributed by atoms with van der Waals surface area (Å²) >= 11 is 0. The van der Waals surface area contributed by atoms with Crippen molar-refractivity contribution in [2.75, 3.05) is 13.6 Å². The topological polar surface area (TPSA) is 3.24 Å². The van der Waals surface area contributed by atoms with E-state index in [2.05, 4.69) is 46.2 Å². The number of nitrogens with zero attached hydrogens (tertiary/aromatic N) is 1. The highest BCUT2D eigenvalue weighted by Crippen LogP contribution is 2.13. The van der Waals surface area contributed by atoms with Crippen molar-refractivity contribution in [1.82, 2.24) is 4.90 Å². The zero-order valence-corrected chi connectivity index (χ0v) is 9.22. The maximum atomic E-state index is 4.07. The largest absolute Gasteiger partial charge is 0.378 e. The van der Waals surface area contributed by atoms with Gasteiger partial charge in [-0.15, -0.1) is 0 Å². The molecule has 72 valence electrons. The van der Waals surface area contributed by atoms with Gasteiger partial charge in [-0.3, -0.25) is 0 Å². The van der Waals surface area contributed by atoms with Crippen molar-refractivity contribution in [3.05, 3.63) is 12.3 Å². The number of hydrogen-bond acceptors (Lipinski definition) is 1. The molecule has 12 heavy (non-hydrogen) atoms. The number of rotatable bonds is 5. The summed E-state index contributed by atoms with van der Waals surface area (Å²) in [6, 6.07) is 0. The lowest BCUT2D eigenvalue weighted by Gasteiger charge is -2.26. The van der Waals surface area contributed by atoms with Crippen LogP contribution in [0.3, 0.4) is 0 Å². The highest BCUT2D eigenvalue weighted by Gasteiger charge is 2.08. The fourth-order valence-corrected chi connectivity index (χ4v) is 1.15. The Morgan fingerprint density at radius 2 is 1.83 bits per heavy atom. The Hall–Kier alpha value is -0.460. The van der Waals surface area contributed by atoms with Gasteiger partial charge in [0.1, 0.15) is 0 Å². The Morgan fingerprint density at radius 3 is 2.17 bits per heavy atom. The third-order valence-corrected chi connectivity index (χ3v) is 2.44. The van der Waals surface area contributed by atoms with E-state index >= 15 is 0 Å². The highest BCUT2D eigenvalue weighted by atomic mass is 15.1. The Kier molecular flexibility index (Phi) is 5.03. The monoisotopic (exact) mass is 169 g/mol. The van der Waals surface area contributed by atoms with Gasteiger partial charge < -0.3 is 4.90 Å². The molecular formula is C11H23N. The molecule has 0 aliphatic rings. The maximum absolute atomic E-state index is 4.07. The second-order valence-electron chi connectivity index (χ2n) is 4.04. The molecule has 0 aliphatic carbocycles. The first-order valence-electron chi connectivity index (χ1n) is 4.88. The molecule has 0 amide bonds. The summed E-state index contributed by atoms with van der Waals surface area (Å²) < 4.78 is 0. The van der Waals surface area contributed by atoms with Crippen molar-refractivity contribution in [3.8, 4) is 0 Å². The van der Waals surface area contributed by atoms with Gasteiger partial charge in [0.25, 0.3) is 0 Å². The molecule has 1 atom stereocenters. The van der Waals surface area contributed by atoms with E-state index in [1.54, 1.807) is 0 Å². The lowest BCUT2D eigenvalue weighted by atomic mass is 10.1. The van der Waals surface area contributed by atoms with Crippen LogP contribution in [0.1, 0.15) is 34.1 Å². The summed E-state index contributed by atoms with van der Waals surface area (Å²) in [4.78, 5) is 2.28. The van der Waals surface area contributed by atoms with Crippen LogP contribution in [0.15, 0.2) is 12.3 Å². The van der Waals surface area contributed by atoms with Gasteiger partial charge in [0.15, 0.2) is 0 Å². The minimum absolute atomic E-state index is 0.569. The van der Waals surface area contributed by atoms with Crippen molar-refractivity contribution in [2.45, 2.75) is 34.1 Å². The lowest BCUT2D eigenvalue weighted by molar-refractivity contribution is 0.317. The average Bonchev–Trinajstić information content (AvgIpc) is 2.02. The third-order valence-electron chi connectivity index (χ3n) is 2.44. The smallest absolute Gasteiger partial charge is 0.0197 e. The van der Waals surface area contributed by atoms with Crippen LogP contribution in [0.4, 0.5) is 0 Å². The fraction of sp³-hybridized carbons (Fsp3) is 0.818. The van der Waals surface area contributed by atoms with Gasteiger partial charge in [-0.1, -0.05) is 40.7 Å². The molecule has 0 fully saturated rings. The van der Waals surface area contributed by atoms with Crippen LogP contribution in [0.5, 0.6) is 0 Å². The zero-order valence-electron chi connectivity index (χ0n) is 9.22. The molecule has 0 aliphatic heterocycles. The normalized spacial score (nSPS) is 13.2. The molecule has 1 nitrogen and oxygen atoms in total. The Morgan fingerprint density at radius 1 is 1.33 bits per heavy atom. The van der Waals surface area contributed by atoms with E-state index in [4.69, 9.17) is 0 Å². The molecule has 0 N–H and O–H groups in total. The summed E-state index contributed by atoms with van der Waals surface area (Å²) in [6.45, 7) is 14.1. The van der Waals surface area contributed by atoms with Crippen molar-refractivity contribution in [1.29, 1.82) is 0 Å². The van der Waals surface area contributed by atoms with Crippen LogP contribution in [-0.4, -0.2) is 18.5 Å². The highest BCUT2D eigenvalue weighted by molar-refractivity contribution is 4.95. The van der Waals surface area contributed by atoms with Crippen LogP contribution >= 0.6 is 0 Å². The molecule has 0 aromatic rings. The second kappa shape index (κ2) is 5.23. The molecule has 0 spiro atoms. The van der Waals surface area contributed by atoms with E-state index in [1.807, 2.05) is 0 Å². The van der Waals surface area contributed by atoms with Crippen molar-refractivity contribution in [2.24, 2.45) is 11.8 Å². The first-order chi connectivity index (χ1) is 5.49. The molecule has 0 aromatic heterocycles. The third kappa shape index (κ3) is 3.80. The Balaban J connectivity index is 3.86. The first kappa shape index (κ1) is 11.5. The van der Waals surface area contributed by atoms with Gasteiger partial charge >= 0.3 is 0 Å². The summed E-state index contributed by atoms with van der Waals surface area (Å²) in [5, 5.41) is 0. The SMILES string of the molecule is C=C(C(C)C)N(C)CC(C)CC. The lowest BCUT2D eigenvalue weighted by Crippen LogP contribution is -2.25. The summed E-state index contributed by atoms with van der Waals surface area (Å²) in [5.74, 6) is 1.34. The zero-order chi connectivity index (χ0) is 9.72. The fourth-order valence-electron chi connectivity index (χ4n) is 1.15. The van der Waals surface area contributed by atoms with E-state index in [-0.39, 0.29) is 0 Å². The average molecular weight is 169 g/mol. The van der Waals surface area contributed by atoms with Crippen LogP contribution < -0.4 is 0 Å². The van der Waals surface area contributed by atoms with Crippen LogP contribution in [0.2, 0.25) is 0 Å². The Bertz CT molecular complexity index is 138.